The lowest BCUT2D eigenvalue weighted by Crippen LogP contribution is -2.28. The summed E-state index contributed by atoms with van der Waals surface area (Å²) in [5.74, 6) is 2.19. The van der Waals surface area contributed by atoms with E-state index < -0.39 is 0 Å². The minimum atomic E-state index is -0.288. The van der Waals surface area contributed by atoms with Crippen LogP contribution in [0.4, 0.5) is 10.5 Å². The van der Waals surface area contributed by atoms with E-state index in [1.165, 1.54) is 4.90 Å². The molecule has 1 heterocycles. The first-order chi connectivity index (χ1) is 12.1. The van der Waals surface area contributed by atoms with Crippen molar-refractivity contribution < 1.29 is 14.4 Å². The van der Waals surface area contributed by atoms with Crippen molar-refractivity contribution in [3.05, 3.63) is 65.2 Å². The lowest BCUT2D eigenvalue weighted by Gasteiger charge is -2.13. The highest BCUT2D eigenvalue weighted by Crippen LogP contribution is 2.21. The van der Waals surface area contributed by atoms with Gasteiger partial charge in [-0.3, -0.25) is 19.3 Å². The molecule has 124 valence electrons. The fraction of sp³-hybridized carbons (Fsp3) is 0.105. The van der Waals surface area contributed by atoms with Crippen LogP contribution in [-0.2, 0) is 11.3 Å². The van der Waals surface area contributed by atoms with E-state index in [-0.39, 0.29) is 29.4 Å². The molecule has 0 saturated carbocycles. The van der Waals surface area contributed by atoms with E-state index in [0.29, 0.717) is 22.4 Å². The van der Waals surface area contributed by atoms with Gasteiger partial charge in [-0.05, 0) is 35.9 Å². The predicted octanol–water partition coefficient (Wildman–Crippen LogP) is 3.12. The van der Waals surface area contributed by atoms with Crippen molar-refractivity contribution in [2.45, 2.75) is 6.54 Å². The number of nitrogens with zero attached hydrogens (tertiary/aromatic N) is 1. The quantitative estimate of drug-likeness (QED) is 0.861. The van der Waals surface area contributed by atoms with E-state index in [1.54, 1.807) is 48.5 Å². The van der Waals surface area contributed by atoms with Gasteiger partial charge in [-0.1, -0.05) is 35.9 Å². The number of carbonyl (C=O) groups is 3. The molecule has 0 spiro atoms. The number of nitrogens with one attached hydrogen (secondary N) is 1. The molecule has 0 atom stereocenters. The molecule has 1 saturated heterocycles. The van der Waals surface area contributed by atoms with Crippen molar-refractivity contribution >= 4 is 34.5 Å². The summed E-state index contributed by atoms with van der Waals surface area (Å²) >= 11 is 0.990. The summed E-state index contributed by atoms with van der Waals surface area (Å²) in [4.78, 5) is 37.0. The molecule has 2 aromatic rings. The second kappa shape index (κ2) is 7.24. The second-order valence-corrected chi connectivity index (χ2v) is 6.34. The molecule has 0 aliphatic carbocycles. The van der Waals surface area contributed by atoms with Gasteiger partial charge in [0, 0.05) is 16.8 Å². The molecule has 1 fully saturated rings. The Morgan fingerprint density at radius 1 is 1.20 bits per heavy atom. The van der Waals surface area contributed by atoms with Crippen LogP contribution in [0, 0.1) is 12.3 Å². The zero-order valence-electron chi connectivity index (χ0n) is 13.2. The Morgan fingerprint density at radius 3 is 2.72 bits per heavy atom. The molecular weight excluding hydrogens is 336 g/mol. The lowest BCUT2D eigenvalue weighted by molar-refractivity contribution is -0.125. The number of anilines is 1. The molecule has 6 heteroatoms. The highest BCUT2D eigenvalue weighted by atomic mass is 32.2. The molecular formula is C19H14N2O3S. The van der Waals surface area contributed by atoms with Gasteiger partial charge in [0.15, 0.2) is 0 Å². The largest absolute Gasteiger partial charge is 0.322 e. The first-order valence-corrected chi connectivity index (χ1v) is 8.49. The van der Waals surface area contributed by atoms with Crippen molar-refractivity contribution in [2.75, 3.05) is 11.1 Å². The Labute approximate surface area is 149 Å². The molecule has 0 unspecified atom stereocenters. The smallest absolute Gasteiger partial charge is 0.289 e. The maximum Gasteiger partial charge on any atom is 0.289 e. The van der Waals surface area contributed by atoms with Crippen LogP contribution in [0.15, 0.2) is 48.5 Å². The van der Waals surface area contributed by atoms with E-state index in [1.807, 2.05) is 0 Å². The van der Waals surface area contributed by atoms with Crippen LogP contribution in [-0.4, -0.2) is 27.7 Å². The van der Waals surface area contributed by atoms with E-state index in [9.17, 15) is 14.4 Å². The van der Waals surface area contributed by atoms with Crippen LogP contribution in [0.2, 0.25) is 0 Å². The number of rotatable bonds is 4. The summed E-state index contributed by atoms with van der Waals surface area (Å²) in [7, 11) is 0. The Morgan fingerprint density at radius 2 is 2.00 bits per heavy atom. The zero-order chi connectivity index (χ0) is 17.8. The van der Waals surface area contributed by atoms with Crippen LogP contribution in [0.1, 0.15) is 21.5 Å². The Kier molecular flexibility index (Phi) is 4.87. The number of thioether (sulfide) groups is 1. The molecule has 3 rings (SSSR count). The summed E-state index contributed by atoms with van der Waals surface area (Å²) in [6, 6.07) is 13.8. The fourth-order valence-electron chi connectivity index (χ4n) is 2.42. The van der Waals surface area contributed by atoms with E-state index in [2.05, 4.69) is 11.2 Å². The first kappa shape index (κ1) is 16.8. The molecule has 25 heavy (non-hydrogen) atoms. The molecule has 2 aromatic carbocycles. The minimum absolute atomic E-state index is 0.165. The molecule has 3 amide bonds. The Balaban J connectivity index is 1.74. The highest BCUT2D eigenvalue weighted by Gasteiger charge is 2.29. The molecule has 1 N–H and O–H groups in total. The summed E-state index contributed by atoms with van der Waals surface area (Å²) in [6.07, 6.45) is 5.36. The Hall–Kier alpha value is -3.04. The third-order valence-corrected chi connectivity index (χ3v) is 4.52. The molecule has 0 radical (unpaired) electrons. The topological polar surface area (TPSA) is 66.5 Å². The maximum atomic E-state index is 12.4. The van der Waals surface area contributed by atoms with Crippen LogP contribution >= 0.6 is 11.8 Å². The van der Waals surface area contributed by atoms with Crippen LogP contribution in [0.3, 0.4) is 0 Å². The van der Waals surface area contributed by atoms with Gasteiger partial charge < -0.3 is 5.32 Å². The summed E-state index contributed by atoms with van der Waals surface area (Å²) < 4.78 is 0. The number of imide groups is 1. The number of hydrogen-bond donors (Lipinski definition) is 1. The first-order valence-electron chi connectivity index (χ1n) is 7.51. The summed E-state index contributed by atoms with van der Waals surface area (Å²) in [5.41, 5.74) is 2.44. The lowest BCUT2D eigenvalue weighted by atomic mass is 10.1. The van der Waals surface area contributed by atoms with Crippen LogP contribution in [0.25, 0.3) is 0 Å². The van der Waals surface area contributed by atoms with E-state index in [0.717, 1.165) is 11.8 Å². The minimum Gasteiger partial charge on any atom is -0.322 e. The van der Waals surface area contributed by atoms with Gasteiger partial charge in [0.1, 0.15) is 0 Å². The monoisotopic (exact) mass is 350 g/mol. The number of carbonyl (C=O) groups excluding carboxylic acids is 3. The van der Waals surface area contributed by atoms with Gasteiger partial charge in [-0.25, -0.2) is 0 Å². The second-order valence-electron chi connectivity index (χ2n) is 5.41. The standard InChI is InChI=1S/C19H14N2O3S/c1-2-13-5-4-8-16(10-13)20-18(23)15-7-3-6-14(9-15)11-21-17(22)12-25-19(21)24/h1,3-10H,11-12H2,(H,20,23). The number of hydrogen-bond acceptors (Lipinski definition) is 4. The summed E-state index contributed by atoms with van der Waals surface area (Å²) in [5, 5.41) is 2.53. The van der Waals surface area contributed by atoms with Gasteiger partial charge >= 0.3 is 0 Å². The average molecular weight is 350 g/mol. The van der Waals surface area contributed by atoms with Crippen molar-refractivity contribution in [3.63, 3.8) is 0 Å². The van der Waals surface area contributed by atoms with Gasteiger partial charge in [0.25, 0.3) is 11.1 Å². The third kappa shape index (κ3) is 3.90. The van der Waals surface area contributed by atoms with Gasteiger partial charge in [-0.2, -0.15) is 0 Å². The van der Waals surface area contributed by atoms with Gasteiger partial charge in [0.05, 0.1) is 12.3 Å². The molecule has 1 aliphatic heterocycles. The number of amides is 3. The Bertz CT molecular complexity index is 886. The van der Waals surface area contributed by atoms with Crippen molar-refractivity contribution in [1.82, 2.24) is 4.90 Å². The third-order valence-electron chi connectivity index (χ3n) is 3.66. The highest BCUT2D eigenvalue weighted by molar-refractivity contribution is 8.14. The van der Waals surface area contributed by atoms with Crippen molar-refractivity contribution in [3.8, 4) is 12.3 Å². The SMILES string of the molecule is C#Cc1cccc(NC(=O)c2cccc(CN3C(=O)CSC3=O)c2)c1. The average Bonchev–Trinajstić information content (AvgIpc) is 2.94. The maximum absolute atomic E-state index is 12.4. The molecule has 5 nitrogen and oxygen atoms in total. The predicted molar refractivity (Wildman–Crippen MR) is 97.2 cm³/mol. The molecule has 0 bridgehead atoms. The van der Waals surface area contributed by atoms with Crippen molar-refractivity contribution in [1.29, 1.82) is 0 Å². The van der Waals surface area contributed by atoms with E-state index in [4.69, 9.17) is 6.42 Å². The van der Waals surface area contributed by atoms with Crippen LogP contribution < -0.4 is 5.32 Å². The van der Waals surface area contributed by atoms with Crippen molar-refractivity contribution in [2.24, 2.45) is 0 Å². The molecule has 0 aromatic heterocycles. The number of benzene rings is 2. The van der Waals surface area contributed by atoms with Gasteiger partial charge in [-0.15, -0.1) is 6.42 Å². The normalized spacial score (nSPS) is 13.6. The number of terminal acetylenes is 1. The summed E-state index contributed by atoms with van der Waals surface area (Å²) in [6.45, 7) is 0.165. The zero-order valence-corrected chi connectivity index (χ0v) is 14.0. The fourth-order valence-corrected chi connectivity index (χ4v) is 3.14. The van der Waals surface area contributed by atoms with Crippen LogP contribution in [0.5, 0.6) is 0 Å². The molecule has 1 aliphatic rings. The van der Waals surface area contributed by atoms with Gasteiger partial charge in [0.2, 0.25) is 5.91 Å². The van der Waals surface area contributed by atoms with E-state index >= 15 is 0 Å².